The Balaban J connectivity index is 2.39. The molecule has 3 N–H and O–H groups in total. The van der Waals surface area contributed by atoms with Crippen LogP contribution in [0.1, 0.15) is 24.1 Å². The number of piperazine rings is 1. The van der Waals surface area contributed by atoms with Gasteiger partial charge in [0, 0.05) is 18.7 Å². The Labute approximate surface area is 113 Å². The molecule has 0 bridgehead atoms. The average molecular weight is 264 g/mol. The number of aliphatic carboxylic acids is 1. The molecule has 1 heterocycles. The minimum Gasteiger partial charge on any atom is -0.496 e. The zero-order valence-electron chi connectivity index (χ0n) is 11.3. The van der Waals surface area contributed by atoms with Crippen LogP contribution in [0.25, 0.3) is 0 Å². The number of aryl methyl sites for hydroxylation is 1. The quantitative estimate of drug-likeness (QED) is 0.755. The maximum Gasteiger partial charge on any atom is 0.322 e. The molecule has 0 saturated carbocycles. The van der Waals surface area contributed by atoms with Crippen molar-refractivity contribution in [1.82, 2.24) is 10.6 Å². The van der Waals surface area contributed by atoms with Crippen LogP contribution in [0.2, 0.25) is 0 Å². The van der Waals surface area contributed by atoms with Gasteiger partial charge in [0.1, 0.15) is 11.8 Å². The van der Waals surface area contributed by atoms with Gasteiger partial charge in [-0.2, -0.15) is 0 Å². The number of methoxy groups -OCH3 is 1. The molecule has 19 heavy (non-hydrogen) atoms. The molecule has 0 amide bonds. The van der Waals surface area contributed by atoms with Gasteiger partial charge in [-0.1, -0.05) is 19.1 Å². The molecule has 0 aromatic heterocycles. The van der Waals surface area contributed by atoms with Crippen molar-refractivity contribution in [3.05, 3.63) is 29.3 Å². The number of carboxylic acids is 1. The molecule has 1 aromatic rings. The molecule has 1 fully saturated rings. The van der Waals surface area contributed by atoms with Crippen LogP contribution >= 0.6 is 0 Å². The molecule has 0 radical (unpaired) electrons. The van der Waals surface area contributed by atoms with Gasteiger partial charge in [-0.3, -0.25) is 4.79 Å². The third kappa shape index (κ3) is 2.88. The van der Waals surface area contributed by atoms with Gasteiger partial charge in [-0.25, -0.2) is 0 Å². The summed E-state index contributed by atoms with van der Waals surface area (Å²) in [5, 5.41) is 15.6. The number of ether oxygens (including phenoxy) is 1. The Hall–Kier alpha value is -1.59. The molecule has 0 aliphatic carbocycles. The van der Waals surface area contributed by atoms with E-state index >= 15 is 0 Å². The number of rotatable bonds is 4. The van der Waals surface area contributed by atoms with E-state index in [1.807, 2.05) is 18.2 Å². The second-order valence-electron chi connectivity index (χ2n) is 4.63. The lowest BCUT2D eigenvalue weighted by Crippen LogP contribution is -2.54. The van der Waals surface area contributed by atoms with Gasteiger partial charge in [-0.15, -0.1) is 0 Å². The standard InChI is InChI=1S/C14H20N2O3/c1-3-9-4-5-11(19-2)10(8-9)12-13(14(17)18)16-7-6-15-12/h4-5,8,12-13,15-16H,3,6-7H2,1-2H3,(H,17,18). The summed E-state index contributed by atoms with van der Waals surface area (Å²) in [6.45, 7) is 3.48. The van der Waals surface area contributed by atoms with Crippen LogP contribution < -0.4 is 15.4 Å². The van der Waals surface area contributed by atoms with Crippen molar-refractivity contribution in [3.8, 4) is 5.75 Å². The van der Waals surface area contributed by atoms with Crippen molar-refractivity contribution in [2.75, 3.05) is 20.2 Å². The van der Waals surface area contributed by atoms with Crippen molar-refractivity contribution < 1.29 is 14.6 Å². The summed E-state index contributed by atoms with van der Waals surface area (Å²) in [6, 6.07) is 5.04. The summed E-state index contributed by atoms with van der Waals surface area (Å²) in [5.41, 5.74) is 2.08. The minimum atomic E-state index is -0.846. The minimum absolute atomic E-state index is 0.271. The first-order chi connectivity index (χ1) is 9.17. The van der Waals surface area contributed by atoms with Crippen molar-refractivity contribution in [2.45, 2.75) is 25.4 Å². The van der Waals surface area contributed by atoms with Crippen LogP contribution in [0.3, 0.4) is 0 Å². The predicted octanol–water partition coefficient (Wildman–Crippen LogP) is 0.945. The van der Waals surface area contributed by atoms with Crippen LogP contribution in [0.4, 0.5) is 0 Å². The van der Waals surface area contributed by atoms with E-state index in [2.05, 4.69) is 17.6 Å². The Kier molecular flexibility index (Phi) is 4.39. The molecule has 2 atom stereocenters. The lowest BCUT2D eigenvalue weighted by molar-refractivity contribution is -0.140. The Morgan fingerprint density at radius 3 is 2.79 bits per heavy atom. The Morgan fingerprint density at radius 2 is 2.16 bits per heavy atom. The predicted molar refractivity (Wildman–Crippen MR) is 72.5 cm³/mol. The number of hydrogen-bond acceptors (Lipinski definition) is 4. The second kappa shape index (κ2) is 6.04. The van der Waals surface area contributed by atoms with Gasteiger partial charge in [0.25, 0.3) is 0 Å². The SMILES string of the molecule is CCc1ccc(OC)c(C2NCCNC2C(=O)O)c1. The molecular weight excluding hydrogens is 244 g/mol. The molecule has 2 rings (SSSR count). The summed E-state index contributed by atoms with van der Waals surface area (Å²) in [4.78, 5) is 11.3. The first-order valence-corrected chi connectivity index (χ1v) is 6.53. The van der Waals surface area contributed by atoms with Gasteiger partial charge in [0.05, 0.1) is 13.2 Å². The van der Waals surface area contributed by atoms with Gasteiger partial charge < -0.3 is 20.5 Å². The van der Waals surface area contributed by atoms with E-state index in [1.165, 1.54) is 5.56 Å². The summed E-state index contributed by atoms with van der Waals surface area (Å²) in [7, 11) is 1.61. The molecular formula is C14H20N2O3. The Bertz CT molecular complexity index is 462. The number of carboxylic acid groups (broad SMARTS) is 1. The second-order valence-corrected chi connectivity index (χ2v) is 4.63. The molecule has 1 aliphatic heterocycles. The van der Waals surface area contributed by atoms with Crippen molar-refractivity contribution in [2.24, 2.45) is 0 Å². The van der Waals surface area contributed by atoms with Crippen LogP contribution in [0.15, 0.2) is 18.2 Å². The smallest absolute Gasteiger partial charge is 0.322 e. The highest BCUT2D eigenvalue weighted by Gasteiger charge is 2.33. The van der Waals surface area contributed by atoms with Gasteiger partial charge >= 0.3 is 5.97 Å². The van der Waals surface area contributed by atoms with E-state index in [0.717, 1.165) is 24.3 Å². The molecule has 1 saturated heterocycles. The first-order valence-electron chi connectivity index (χ1n) is 6.53. The van der Waals surface area contributed by atoms with E-state index in [0.29, 0.717) is 6.54 Å². The Morgan fingerprint density at radius 1 is 1.42 bits per heavy atom. The zero-order chi connectivity index (χ0) is 13.8. The highest BCUT2D eigenvalue weighted by molar-refractivity contribution is 5.75. The number of carbonyl (C=O) groups is 1. The molecule has 0 spiro atoms. The number of benzene rings is 1. The van der Waals surface area contributed by atoms with E-state index in [4.69, 9.17) is 4.74 Å². The average Bonchev–Trinajstić information content (AvgIpc) is 2.46. The van der Waals surface area contributed by atoms with Crippen molar-refractivity contribution in [3.63, 3.8) is 0 Å². The largest absolute Gasteiger partial charge is 0.496 e. The number of nitrogens with one attached hydrogen (secondary N) is 2. The van der Waals surface area contributed by atoms with Gasteiger partial charge in [0.2, 0.25) is 0 Å². The van der Waals surface area contributed by atoms with Gasteiger partial charge in [0.15, 0.2) is 0 Å². The number of hydrogen-bond donors (Lipinski definition) is 3. The van der Waals surface area contributed by atoms with Crippen LogP contribution in [0.5, 0.6) is 5.75 Å². The molecule has 5 heteroatoms. The fraction of sp³-hybridized carbons (Fsp3) is 0.500. The maximum atomic E-state index is 11.3. The summed E-state index contributed by atoms with van der Waals surface area (Å²) < 4.78 is 5.37. The van der Waals surface area contributed by atoms with Crippen LogP contribution in [-0.2, 0) is 11.2 Å². The van der Waals surface area contributed by atoms with E-state index in [9.17, 15) is 9.90 Å². The summed E-state index contributed by atoms with van der Waals surface area (Å²) in [6.07, 6.45) is 0.912. The lowest BCUT2D eigenvalue weighted by Gasteiger charge is -2.32. The van der Waals surface area contributed by atoms with E-state index in [1.54, 1.807) is 7.11 Å². The van der Waals surface area contributed by atoms with Crippen molar-refractivity contribution in [1.29, 1.82) is 0 Å². The van der Waals surface area contributed by atoms with Gasteiger partial charge in [-0.05, 0) is 18.1 Å². The van der Waals surface area contributed by atoms with Crippen LogP contribution in [-0.4, -0.2) is 37.3 Å². The lowest BCUT2D eigenvalue weighted by atomic mass is 9.94. The van der Waals surface area contributed by atoms with Crippen LogP contribution in [0, 0.1) is 0 Å². The highest BCUT2D eigenvalue weighted by Crippen LogP contribution is 2.29. The molecule has 1 aliphatic rings. The third-order valence-electron chi connectivity index (χ3n) is 3.49. The van der Waals surface area contributed by atoms with E-state index in [-0.39, 0.29) is 6.04 Å². The topological polar surface area (TPSA) is 70.6 Å². The molecule has 1 aromatic carbocycles. The molecule has 5 nitrogen and oxygen atoms in total. The molecule has 104 valence electrons. The highest BCUT2D eigenvalue weighted by atomic mass is 16.5. The zero-order valence-corrected chi connectivity index (χ0v) is 11.3. The molecule has 2 unspecified atom stereocenters. The fourth-order valence-electron chi connectivity index (χ4n) is 2.46. The summed E-state index contributed by atoms with van der Waals surface area (Å²) >= 11 is 0. The maximum absolute atomic E-state index is 11.3. The first kappa shape index (κ1) is 13.8. The normalized spacial score (nSPS) is 23.1. The summed E-state index contributed by atoms with van der Waals surface area (Å²) in [5.74, 6) is -0.120. The van der Waals surface area contributed by atoms with E-state index < -0.39 is 12.0 Å². The third-order valence-corrected chi connectivity index (χ3v) is 3.49. The monoisotopic (exact) mass is 264 g/mol. The van der Waals surface area contributed by atoms with Crippen molar-refractivity contribution >= 4 is 5.97 Å². The fourth-order valence-corrected chi connectivity index (χ4v) is 2.46.